The monoisotopic (exact) mass is 326 g/mol. The predicted octanol–water partition coefficient (Wildman–Crippen LogP) is 4.09. The Morgan fingerprint density at radius 2 is 1.87 bits per heavy atom. The van der Waals surface area contributed by atoms with Crippen LogP contribution in [0, 0.1) is 0 Å². The summed E-state index contributed by atoms with van der Waals surface area (Å²) in [5.41, 5.74) is 4.62. The van der Waals surface area contributed by atoms with Crippen molar-refractivity contribution in [3.8, 4) is 0 Å². The van der Waals surface area contributed by atoms with E-state index in [0.29, 0.717) is 6.54 Å². The van der Waals surface area contributed by atoms with Gasteiger partial charge in [0.05, 0.1) is 0 Å². The van der Waals surface area contributed by atoms with Crippen LogP contribution in [0.15, 0.2) is 48.5 Å². The van der Waals surface area contributed by atoms with Crippen molar-refractivity contribution in [3.05, 3.63) is 70.4 Å². The molecule has 23 heavy (non-hydrogen) atoms. The molecule has 0 aliphatic heterocycles. The van der Waals surface area contributed by atoms with Crippen LogP contribution in [0.1, 0.15) is 23.7 Å². The summed E-state index contributed by atoms with van der Waals surface area (Å²) in [4.78, 5) is 14.6. The SMILES string of the molecule is CC(=O)NCCc1c(Cc2ccccc2Cl)[nH]c2ccccc12. The third-order valence-electron chi connectivity index (χ3n) is 3.98. The Morgan fingerprint density at radius 3 is 2.65 bits per heavy atom. The molecule has 1 aromatic heterocycles. The highest BCUT2D eigenvalue weighted by Crippen LogP contribution is 2.26. The van der Waals surface area contributed by atoms with Gasteiger partial charge in [0, 0.05) is 41.5 Å². The lowest BCUT2D eigenvalue weighted by molar-refractivity contribution is -0.118. The molecular formula is C19H19ClN2O. The first-order valence-corrected chi connectivity index (χ1v) is 8.09. The largest absolute Gasteiger partial charge is 0.358 e. The standard InChI is InChI=1S/C19H19ClN2O/c1-13(23)21-11-10-16-15-7-3-5-9-18(15)22-19(16)12-14-6-2-4-8-17(14)20/h2-9,22H,10-12H2,1H3,(H,21,23). The topological polar surface area (TPSA) is 44.9 Å². The summed E-state index contributed by atoms with van der Waals surface area (Å²) in [6.45, 7) is 2.17. The number of rotatable bonds is 5. The summed E-state index contributed by atoms with van der Waals surface area (Å²) in [6, 6.07) is 16.2. The van der Waals surface area contributed by atoms with Crippen molar-refractivity contribution in [2.75, 3.05) is 6.54 Å². The van der Waals surface area contributed by atoms with Gasteiger partial charge >= 0.3 is 0 Å². The van der Waals surface area contributed by atoms with Crippen LogP contribution >= 0.6 is 11.6 Å². The third-order valence-corrected chi connectivity index (χ3v) is 4.34. The molecule has 3 nitrogen and oxygen atoms in total. The number of aromatic nitrogens is 1. The van der Waals surface area contributed by atoms with E-state index in [0.717, 1.165) is 34.6 Å². The summed E-state index contributed by atoms with van der Waals surface area (Å²) in [5.74, 6) is -0.00232. The number of para-hydroxylation sites is 1. The fraction of sp³-hybridized carbons (Fsp3) is 0.211. The minimum atomic E-state index is -0.00232. The molecule has 0 saturated heterocycles. The normalized spacial score (nSPS) is 10.9. The Morgan fingerprint density at radius 1 is 1.13 bits per heavy atom. The van der Waals surface area contributed by atoms with Crippen LogP contribution in [0.4, 0.5) is 0 Å². The molecule has 1 heterocycles. The molecule has 0 bridgehead atoms. The van der Waals surface area contributed by atoms with Crippen LogP contribution < -0.4 is 5.32 Å². The van der Waals surface area contributed by atoms with E-state index in [-0.39, 0.29) is 5.91 Å². The molecule has 0 atom stereocenters. The Kier molecular flexibility index (Phi) is 4.68. The Balaban J connectivity index is 1.94. The maximum Gasteiger partial charge on any atom is 0.216 e. The fourth-order valence-corrected chi connectivity index (χ4v) is 3.09. The van der Waals surface area contributed by atoms with Crippen LogP contribution in [0.5, 0.6) is 0 Å². The summed E-state index contributed by atoms with van der Waals surface area (Å²) in [5, 5.41) is 4.86. The number of carbonyl (C=O) groups is 1. The molecule has 0 radical (unpaired) electrons. The van der Waals surface area contributed by atoms with Crippen molar-refractivity contribution in [1.82, 2.24) is 10.3 Å². The van der Waals surface area contributed by atoms with Gasteiger partial charge in [-0.05, 0) is 29.7 Å². The van der Waals surface area contributed by atoms with Gasteiger partial charge < -0.3 is 10.3 Å². The summed E-state index contributed by atoms with van der Waals surface area (Å²) in [6.07, 6.45) is 1.55. The Hall–Kier alpha value is -2.26. The highest BCUT2D eigenvalue weighted by Gasteiger charge is 2.12. The van der Waals surface area contributed by atoms with E-state index >= 15 is 0 Å². The first-order chi connectivity index (χ1) is 11.1. The van der Waals surface area contributed by atoms with Gasteiger partial charge in [0.25, 0.3) is 0 Å². The van der Waals surface area contributed by atoms with Gasteiger partial charge in [-0.25, -0.2) is 0 Å². The van der Waals surface area contributed by atoms with E-state index in [2.05, 4.69) is 22.4 Å². The molecular weight excluding hydrogens is 308 g/mol. The van der Waals surface area contributed by atoms with Crippen LogP contribution in [0.3, 0.4) is 0 Å². The third kappa shape index (κ3) is 3.57. The summed E-state index contributed by atoms with van der Waals surface area (Å²) >= 11 is 6.30. The highest BCUT2D eigenvalue weighted by molar-refractivity contribution is 6.31. The number of hydrogen-bond acceptors (Lipinski definition) is 1. The molecule has 0 spiro atoms. The number of H-pyrrole nitrogens is 1. The number of carbonyl (C=O) groups excluding carboxylic acids is 1. The molecule has 0 fully saturated rings. The lowest BCUT2D eigenvalue weighted by atomic mass is 10.0. The molecule has 2 N–H and O–H groups in total. The van der Waals surface area contributed by atoms with E-state index in [1.54, 1.807) is 6.92 Å². The predicted molar refractivity (Wildman–Crippen MR) is 94.9 cm³/mol. The van der Waals surface area contributed by atoms with Gasteiger partial charge in [-0.1, -0.05) is 48.0 Å². The molecule has 118 valence electrons. The van der Waals surface area contributed by atoms with E-state index in [4.69, 9.17) is 11.6 Å². The molecule has 0 aliphatic rings. The van der Waals surface area contributed by atoms with E-state index < -0.39 is 0 Å². The van der Waals surface area contributed by atoms with Crippen LogP contribution in [-0.2, 0) is 17.6 Å². The lowest BCUT2D eigenvalue weighted by Gasteiger charge is -2.07. The molecule has 0 saturated carbocycles. The Bertz CT molecular complexity index is 838. The van der Waals surface area contributed by atoms with E-state index in [1.165, 1.54) is 10.9 Å². The molecule has 3 rings (SSSR count). The van der Waals surface area contributed by atoms with Crippen molar-refractivity contribution in [2.45, 2.75) is 19.8 Å². The maximum absolute atomic E-state index is 11.1. The summed E-state index contributed by atoms with van der Waals surface area (Å²) < 4.78 is 0. The maximum atomic E-state index is 11.1. The number of hydrogen-bond donors (Lipinski definition) is 2. The van der Waals surface area contributed by atoms with Crippen molar-refractivity contribution in [1.29, 1.82) is 0 Å². The van der Waals surface area contributed by atoms with Crippen LogP contribution in [0.2, 0.25) is 5.02 Å². The number of nitrogens with one attached hydrogen (secondary N) is 2. The zero-order valence-electron chi connectivity index (χ0n) is 13.0. The van der Waals surface area contributed by atoms with Crippen molar-refractivity contribution in [2.24, 2.45) is 0 Å². The fourth-order valence-electron chi connectivity index (χ4n) is 2.89. The van der Waals surface area contributed by atoms with E-state index in [1.807, 2.05) is 36.4 Å². The first kappa shape index (κ1) is 15.6. The van der Waals surface area contributed by atoms with Gasteiger partial charge in [0.1, 0.15) is 0 Å². The van der Waals surface area contributed by atoms with Crippen molar-refractivity contribution in [3.63, 3.8) is 0 Å². The smallest absolute Gasteiger partial charge is 0.216 e. The van der Waals surface area contributed by atoms with Gasteiger partial charge in [-0.2, -0.15) is 0 Å². The number of amides is 1. The van der Waals surface area contributed by atoms with Gasteiger partial charge in [-0.3, -0.25) is 4.79 Å². The first-order valence-electron chi connectivity index (χ1n) is 7.71. The quantitative estimate of drug-likeness (QED) is 0.728. The average Bonchev–Trinajstić information content (AvgIpc) is 2.87. The molecule has 4 heteroatoms. The number of halogens is 1. The highest BCUT2D eigenvalue weighted by atomic mass is 35.5. The van der Waals surface area contributed by atoms with Crippen molar-refractivity contribution < 1.29 is 4.79 Å². The second kappa shape index (κ2) is 6.88. The Labute approximate surface area is 140 Å². The second-order valence-electron chi connectivity index (χ2n) is 5.63. The zero-order chi connectivity index (χ0) is 16.2. The van der Waals surface area contributed by atoms with Gasteiger partial charge in [-0.15, -0.1) is 0 Å². The minimum absolute atomic E-state index is 0.00232. The molecule has 2 aromatic carbocycles. The minimum Gasteiger partial charge on any atom is -0.358 e. The van der Waals surface area contributed by atoms with E-state index in [9.17, 15) is 4.79 Å². The van der Waals surface area contributed by atoms with Crippen LogP contribution in [-0.4, -0.2) is 17.4 Å². The van der Waals surface area contributed by atoms with Gasteiger partial charge in [0.2, 0.25) is 5.91 Å². The number of fused-ring (bicyclic) bond motifs is 1. The lowest BCUT2D eigenvalue weighted by Crippen LogP contribution is -2.22. The average molecular weight is 327 g/mol. The van der Waals surface area contributed by atoms with Crippen LogP contribution in [0.25, 0.3) is 10.9 Å². The second-order valence-corrected chi connectivity index (χ2v) is 6.04. The summed E-state index contributed by atoms with van der Waals surface area (Å²) in [7, 11) is 0. The van der Waals surface area contributed by atoms with Gasteiger partial charge in [0.15, 0.2) is 0 Å². The number of benzene rings is 2. The number of aromatic amines is 1. The molecule has 0 aliphatic carbocycles. The van der Waals surface area contributed by atoms with Crippen molar-refractivity contribution >= 4 is 28.4 Å². The zero-order valence-corrected chi connectivity index (χ0v) is 13.8. The molecule has 0 unspecified atom stereocenters. The molecule has 1 amide bonds. The molecule has 3 aromatic rings.